The number of ether oxygens (including phenoxy) is 1. The van der Waals surface area contributed by atoms with Crippen molar-refractivity contribution in [2.75, 3.05) is 7.11 Å². The Hall–Kier alpha value is -1.39. The topological polar surface area (TPSA) is 48.1 Å². The second kappa shape index (κ2) is 6.58. The third-order valence-electron chi connectivity index (χ3n) is 3.39. The van der Waals surface area contributed by atoms with Crippen molar-refractivity contribution in [3.63, 3.8) is 0 Å². The maximum absolute atomic E-state index is 6.27. The first-order valence-electron chi connectivity index (χ1n) is 7.22. The minimum atomic E-state index is 0.0797. The summed E-state index contributed by atoms with van der Waals surface area (Å²) in [5.41, 5.74) is 8.73. The third kappa shape index (κ3) is 4.55. The van der Waals surface area contributed by atoms with E-state index in [-0.39, 0.29) is 11.5 Å². The van der Waals surface area contributed by atoms with E-state index in [1.165, 1.54) is 5.56 Å². The first-order valence-corrected chi connectivity index (χ1v) is 8.10. The number of nitrogens with zero attached hydrogens (tertiary/aromatic N) is 1. The zero-order chi connectivity index (χ0) is 15.5. The fraction of sp³-hybridized carbons (Fsp3) is 0.471. The van der Waals surface area contributed by atoms with Crippen molar-refractivity contribution in [1.29, 1.82) is 0 Å². The van der Waals surface area contributed by atoms with Gasteiger partial charge >= 0.3 is 0 Å². The van der Waals surface area contributed by atoms with Gasteiger partial charge in [-0.15, -0.1) is 11.3 Å². The van der Waals surface area contributed by atoms with E-state index in [0.29, 0.717) is 0 Å². The van der Waals surface area contributed by atoms with Gasteiger partial charge in [0.25, 0.3) is 0 Å². The van der Waals surface area contributed by atoms with Gasteiger partial charge in [0.15, 0.2) is 0 Å². The zero-order valence-electron chi connectivity index (χ0n) is 13.2. The smallest absolute Gasteiger partial charge is 0.119 e. The maximum atomic E-state index is 6.27. The number of aromatic nitrogens is 1. The second-order valence-corrected chi connectivity index (χ2v) is 7.34. The van der Waals surface area contributed by atoms with Gasteiger partial charge in [-0.3, -0.25) is 0 Å². The summed E-state index contributed by atoms with van der Waals surface area (Å²) in [7, 11) is 1.68. The predicted molar refractivity (Wildman–Crippen MR) is 89.2 cm³/mol. The van der Waals surface area contributed by atoms with E-state index in [1.807, 2.05) is 18.2 Å². The lowest BCUT2D eigenvalue weighted by Gasteiger charge is -2.14. The monoisotopic (exact) mass is 304 g/mol. The van der Waals surface area contributed by atoms with Crippen molar-refractivity contribution >= 4 is 11.3 Å². The number of rotatable bonds is 5. The first kappa shape index (κ1) is 16.0. The molecule has 0 saturated heterocycles. The van der Waals surface area contributed by atoms with Gasteiger partial charge in [-0.2, -0.15) is 0 Å². The van der Waals surface area contributed by atoms with Crippen LogP contribution < -0.4 is 10.5 Å². The SMILES string of the molecule is COc1cccc(CC(N)Cc2nc(C(C)(C)C)cs2)c1. The molecule has 2 rings (SSSR count). The molecule has 0 aliphatic carbocycles. The van der Waals surface area contributed by atoms with Crippen molar-refractivity contribution in [3.8, 4) is 5.75 Å². The standard InChI is InChI=1S/C17H24N2OS/c1-17(2,3)15-11-21-16(19-15)10-13(18)8-12-6-5-7-14(9-12)20-4/h5-7,9,11,13H,8,10,18H2,1-4H3. The summed E-state index contributed by atoms with van der Waals surface area (Å²) < 4.78 is 5.24. The van der Waals surface area contributed by atoms with Crippen LogP contribution in [0.5, 0.6) is 5.75 Å². The van der Waals surface area contributed by atoms with Crippen LogP contribution in [0.1, 0.15) is 37.0 Å². The summed E-state index contributed by atoms with van der Waals surface area (Å²) in [4.78, 5) is 4.71. The molecule has 1 unspecified atom stereocenters. The average molecular weight is 304 g/mol. The van der Waals surface area contributed by atoms with Gasteiger partial charge < -0.3 is 10.5 Å². The van der Waals surface area contributed by atoms with Crippen LogP contribution in [0.15, 0.2) is 29.6 Å². The van der Waals surface area contributed by atoms with Gasteiger partial charge in [-0.25, -0.2) is 4.98 Å². The predicted octanol–water partition coefficient (Wildman–Crippen LogP) is 3.56. The number of hydrogen-bond acceptors (Lipinski definition) is 4. The van der Waals surface area contributed by atoms with Crippen LogP contribution in [-0.2, 0) is 18.3 Å². The summed E-state index contributed by atoms with van der Waals surface area (Å²) >= 11 is 1.71. The Labute approximate surface area is 131 Å². The molecule has 0 saturated carbocycles. The molecular weight excluding hydrogens is 280 g/mol. The van der Waals surface area contributed by atoms with E-state index >= 15 is 0 Å². The largest absolute Gasteiger partial charge is 0.497 e. The van der Waals surface area contributed by atoms with Crippen LogP contribution in [0, 0.1) is 0 Å². The normalized spacial score (nSPS) is 13.2. The van der Waals surface area contributed by atoms with E-state index in [0.717, 1.165) is 29.3 Å². The molecule has 3 nitrogen and oxygen atoms in total. The van der Waals surface area contributed by atoms with E-state index in [1.54, 1.807) is 18.4 Å². The van der Waals surface area contributed by atoms with Crippen LogP contribution in [0.2, 0.25) is 0 Å². The maximum Gasteiger partial charge on any atom is 0.119 e. The fourth-order valence-corrected chi connectivity index (χ4v) is 3.26. The Morgan fingerprint density at radius 2 is 2.05 bits per heavy atom. The van der Waals surface area contributed by atoms with Crippen molar-refractivity contribution in [2.45, 2.75) is 45.1 Å². The second-order valence-electron chi connectivity index (χ2n) is 6.40. The quantitative estimate of drug-likeness (QED) is 0.918. The van der Waals surface area contributed by atoms with Crippen LogP contribution in [0.25, 0.3) is 0 Å². The van der Waals surface area contributed by atoms with Gasteiger partial charge in [0.05, 0.1) is 17.8 Å². The Bertz CT molecular complexity index is 586. The summed E-state index contributed by atoms with van der Waals surface area (Å²) in [5, 5.41) is 3.27. The highest BCUT2D eigenvalue weighted by Crippen LogP contribution is 2.24. The van der Waals surface area contributed by atoms with E-state index < -0.39 is 0 Å². The third-order valence-corrected chi connectivity index (χ3v) is 4.26. The van der Waals surface area contributed by atoms with Gasteiger partial charge in [0.2, 0.25) is 0 Å². The van der Waals surface area contributed by atoms with Crippen molar-refractivity contribution in [3.05, 3.63) is 45.9 Å². The molecule has 0 spiro atoms. The lowest BCUT2D eigenvalue weighted by atomic mass is 9.93. The molecule has 114 valence electrons. The summed E-state index contributed by atoms with van der Waals surface area (Å²) in [6.45, 7) is 6.55. The van der Waals surface area contributed by atoms with Gasteiger partial charge in [-0.05, 0) is 24.1 Å². The van der Waals surface area contributed by atoms with Crippen LogP contribution in [-0.4, -0.2) is 18.1 Å². The molecule has 0 aliphatic heterocycles. The molecule has 2 N–H and O–H groups in total. The molecule has 21 heavy (non-hydrogen) atoms. The molecule has 0 bridgehead atoms. The number of thiazole rings is 1. The van der Waals surface area contributed by atoms with Crippen molar-refractivity contribution in [2.24, 2.45) is 5.73 Å². The number of hydrogen-bond donors (Lipinski definition) is 1. The summed E-state index contributed by atoms with van der Waals surface area (Å²) in [6, 6.07) is 8.16. The number of methoxy groups -OCH3 is 1. The van der Waals surface area contributed by atoms with Gasteiger partial charge in [0, 0.05) is 23.3 Å². The minimum absolute atomic E-state index is 0.0797. The molecule has 0 amide bonds. The van der Waals surface area contributed by atoms with E-state index in [4.69, 9.17) is 15.5 Å². The molecule has 4 heteroatoms. The fourth-order valence-electron chi connectivity index (χ4n) is 2.15. The molecule has 1 atom stereocenters. The molecular formula is C17H24N2OS. The zero-order valence-corrected chi connectivity index (χ0v) is 14.0. The number of nitrogens with two attached hydrogens (primary N) is 1. The highest BCUT2D eigenvalue weighted by atomic mass is 32.1. The number of benzene rings is 1. The molecule has 0 fully saturated rings. The van der Waals surface area contributed by atoms with Crippen molar-refractivity contribution in [1.82, 2.24) is 4.98 Å². The molecule has 0 aliphatic rings. The minimum Gasteiger partial charge on any atom is -0.497 e. The molecule has 2 aromatic rings. The first-order chi connectivity index (χ1) is 9.88. The summed E-state index contributed by atoms with van der Waals surface area (Å²) in [5.74, 6) is 0.879. The Morgan fingerprint density at radius 3 is 2.67 bits per heavy atom. The van der Waals surface area contributed by atoms with E-state index in [9.17, 15) is 0 Å². The average Bonchev–Trinajstić information content (AvgIpc) is 2.87. The van der Waals surface area contributed by atoms with Crippen LogP contribution in [0.4, 0.5) is 0 Å². The Morgan fingerprint density at radius 1 is 1.29 bits per heavy atom. The van der Waals surface area contributed by atoms with Crippen molar-refractivity contribution < 1.29 is 4.74 Å². The van der Waals surface area contributed by atoms with Crippen LogP contribution >= 0.6 is 11.3 Å². The lowest BCUT2D eigenvalue weighted by molar-refractivity contribution is 0.414. The van der Waals surface area contributed by atoms with Gasteiger partial charge in [0.1, 0.15) is 5.75 Å². The van der Waals surface area contributed by atoms with Gasteiger partial charge in [-0.1, -0.05) is 32.9 Å². The highest BCUT2D eigenvalue weighted by Gasteiger charge is 2.18. The van der Waals surface area contributed by atoms with Crippen LogP contribution in [0.3, 0.4) is 0 Å². The Balaban J connectivity index is 1.98. The molecule has 1 aromatic heterocycles. The Kier molecular flexibility index (Phi) is 5.01. The molecule has 1 heterocycles. The molecule has 0 radical (unpaired) electrons. The summed E-state index contributed by atoms with van der Waals surface area (Å²) in [6.07, 6.45) is 1.65. The lowest BCUT2D eigenvalue weighted by Crippen LogP contribution is -2.25. The van der Waals surface area contributed by atoms with E-state index in [2.05, 4.69) is 32.2 Å². The molecule has 1 aromatic carbocycles. The highest BCUT2D eigenvalue weighted by molar-refractivity contribution is 7.09.